The summed E-state index contributed by atoms with van der Waals surface area (Å²) in [4.78, 5) is 23.1. The topological polar surface area (TPSA) is 78.6 Å². The molecule has 5 nitrogen and oxygen atoms in total. The summed E-state index contributed by atoms with van der Waals surface area (Å²) in [6.45, 7) is 3.61. The van der Waals surface area contributed by atoms with E-state index in [1.54, 1.807) is 19.9 Å². The molecular formula is C13H16ClNO4. The van der Waals surface area contributed by atoms with E-state index >= 15 is 0 Å². The van der Waals surface area contributed by atoms with Crippen LogP contribution in [0.5, 0.6) is 0 Å². The molecule has 0 aromatic heterocycles. The highest BCUT2D eigenvalue weighted by Gasteiger charge is 2.18. The van der Waals surface area contributed by atoms with Crippen LogP contribution in [0.25, 0.3) is 0 Å². The maximum atomic E-state index is 11.9. The summed E-state index contributed by atoms with van der Waals surface area (Å²) < 4.78 is 9.88. The molecule has 1 atom stereocenters. The number of carbonyl (C=O) groups is 2. The Labute approximate surface area is 116 Å². The van der Waals surface area contributed by atoms with Crippen molar-refractivity contribution in [3.05, 3.63) is 28.8 Å². The normalized spacial score (nSPS) is 11.7. The fourth-order valence-electron chi connectivity index (χ4n) is 1.44. The molecule has 0 saturated heterocycles. The first-order chi connectivity index (χ1) is 8.93. The molecule has 104 valence electrons. The molecule has 0 aliphatic carbocycles. The third kappa shape index (κ3) is 4.79. The van der Waals surface area contributed by atoms with E-state index in [4.69, 9.17) is 26.8 Å². The van der Waals surface area contributed by atoms with Crippen molar-refractivity contribution in [1.29, 1.82) is 0 Å². The number of benzene rings is 1. The SMILES string of the molecule is CCOC(=O)CC(C)OC(=O)c1cc(N)ccc1Cl. The minimum atomic E-state index is -0.617. The van der Waals surface area contributed by atoms with Gasteiger partial charge in [-0.05, 0) is 32.0 Å². The van der Waals surface area contributed by atoms with Crippen LogP contribution in [0.1, 0.15) is 30.6 Å². The molecule has 1 rings (SSSR count). The Morgan fingerprint density at radius 1 is 1.42 bits per heavy atom. The van der Waals surface area contributed by atoms with Crippen LogP contribution >= 0.6 is 11.6 Å². The number of nitrogens with two attached hydrogens (primary N) is 1. The Hall–Kier alpha value is -1.75. The zero-order valence-electron chi connectivity index (χ0n) is 10.8. The number of rotatable bonds is 5. The van der Waals surface area contributed by atoms with E-state index in [2.05, 4.69) is 0 Å². The second-order valence-electron chi connectivity index (χ2n) is 3.96. The molecule has 0 bridgehead atoms. The van der Waals surface area contributed by atoms with Gasteiger partial charge in [0.1, 0.15) is 6.10 Å². The Balaban J connectivity index is 2.64. The fourth-order valence-corrected chi connectivity index (χ4v) is 1.64. The third-order valence-corrected chi connectivity index (χ3v) is 2.61. The molecule has 0 saturated carbocycles. The van der Waals surface area contributed by atoms with Crippen LogP contribution in [0.4, 0.5) is 5.69 Å². The number of anilines is 1. The molecular weight excluding hydrogens is 270 g/mol. The summed E-state index contributed by atoms with van der Waals surface area (Å²) in [5, 5.41) is 0.252. The summed E-state index contributed by atoms with van der Waals surface area (Å²) in [6.07, 6.45) is -0.594. The molecule has 19 heavy (non-hydrogen) atoms. The zero-order chi connectivity index (χ0) is 14.4. The molecule has 0 heterocycles. The van der Waals surface area contributed by atoms with Crippen molar-refractivity contribution in [2.45, 2.75) is 26.4 Å². The Bertz CT molecular complexity index is 476. The molecule has 1 aromatic carbocycles. The van der Waals surface area contributed by atoms with Crippen LogP contribution in [-0.2, 0) is 14.3 Å². The molecule has 0 spiro atoms. The van der Waals surface area contributed by atoms with Crippen LogP contribution in [0, 0.1) is 0 Å². The lowest BCUT2D eigenvalue weighted by Crippen LogP contribution is -2.20. The minimum absolute atomic E-state index is 0.000481. The van der Waals surface area contributed by atoms with Crippen molar-refractivity contribution in [2.75, 3.05) is 12.3 Å². The quantitative estimate of drug-likeness (QED) is 0.664. The number of carbonyl (C=O) groups excluding carboxylic acids is 2. The van der Waals surface area contributed by atoms with Crippen molar-refractivity contribution in [3.8, 4) is 0 Å². The summed E-state index contributed by atoms with van der Waals surface area (Å²) in [5.41, 5.74) is 6.17. The van der Waals surface area contributed by atoms with Crippen molar-refractivity contribution in [2.24, 2.45) is 0 Å². The Morgan fingerprint density at radius 2 is 2.11 bits per heavy atom. The fraction of sp³-hybridized carbons (Fsp3) is 0.385. The van der Waals surface area contributed by atoms with E-state index in [1.165, 1.54) is 12.1 Å². The minimum Gasteiger partial charge on any atom is -0.466 e. The lowest BCUT2D eigenvalue weighted by Gasteiger charge is -2.13. The first kappa shape index (κ1) is 15.3. The van der Waals surface area contributed by atoms with Gasteiger partial charge in [-0.15, -0.1) is 0 Å². The van der Waals surface area contributed by atoms with Crippen LogP contribution in [0.15, 0.2) is 18.2 Å². The van der Waals surface area contributed by atoms with Gasteiger partial charge < -0.3 is 15.2 Å². The van der Waals surface area contributed by atoms with Crippen LogP contribution < -0.4 is 5.73 Å². The number of hydrogen-bond acceptors (Lipinski definition) is 5. The standard InChI is InChI=1S/C13H16ClNO4/c1-3-18-12(16)6-8(2)19-13(17)10-7-9(15)4-5-11(10)14/h4-5,7-8H,3,6,15H2,1-2H3. The zero-order valence-corrected chi connectivity index (χ0v) is 11.6. The van der Waals surface area contributed by atoms with Gasteiger partial charge >= 0.3 is 11.9 Å². The van der Waals surface area contributed by atoms with Gasteiger partial charge in [0.05, 0.1) is 23.6 Å². The number of halogens is 1. The van der Waals surface area contributed by atoms with Gasteiger partial charge in [-0.2, -0.15) is 0 Å². The van der Waals surface area contributed by atoms with E-state index in [9.17, 15) is 9.59 Å². The summed E-state index contributed by atoms with van der Waals surface area (Å²) in [5.74, 6) is -1.03. The molecule has 0 amide bonds. The van der Waals surface area contributed by atoms with Gasteiger partial charge in [-0.25, -0.2) is 4.79 Å². The summed E-state index contributed by atoms with van der Waals surface area (Å²) >= 11 is 5.88. The largest absolute Gasteiger partial charge is 0.466 e. The highest BCUT2D eigenvalue weighted by molar-refractivity contribution is 6.33. The number of hydrogen-bond donors (Lipinski definition) is 1. The first-order valence-electron chi connectivity index (χ1n) is 5.85. The van der Waals surface area contributed by atoms with Gasteiger partial charge in [0.25, 0.3) is 0 Å². The van der Waals surface area contributed by atoms with E-state index in [1.807, 2.05) is 0 Å². The van der Waals surface area contributed by atoms with Crippen molar-refractivity contribution in [3.63, 3.8) is 0 Å². The monoisotopic (exact) mass is 285 g/mol. The lowest BCUT2D eigenvalue weighted by molar-refractivity contribution is -0.145. The van der Waals surface area contributed by atoms with Crippen molar-refractivity contribution >= 4 is 29.2 Å². The molecule has 6 heteroatoms. The molecule has 0 radical (unpaired) electrons. The Kier molecular flexibility index (Phi) is 5.63. The van der Waals surface area contributed by atoms with Gasteiger partial charge in [0.2, 0.25) is 0 Å². The molecule has 2 N–H and O–H groups in total. The average molecular weight is 286 g/mol. The van der Waals surface area contributed by atoms with Gasteiger partial charge in [0, 0.05) is 5.69 Å². The second-order valence-corrected chi connectivity index (χ2v) is 4.37. The second kappa shape index (κ2) is 6.99. The number of nitrogen functional groups attached to an aromatic ring is 1. The highest BCUT2D eigenvalue weighted by atomic mass is 35.5. The highest BCUT2D eigenvalue weighted by Crippen LogP contribution is 2.20. The average Bonchev–Trinajstić information content (AvgIpc) is 2.32. The van der Waals surface area contributed by atoms with Crippen molar-refractivity contribution < 1.29 is 19.1 Å². The predicted molar refractivity (Wildman–Crippen MR) is 72.0 cm³/mol. The van der Waals surface area contributed by atoms with Gasteiger partial charge in [-0.1, -0.05) is 11.6 Å². The lowest BCUT2D eigenvalue weighted by atomic mass is 10.2. The van der Waals surface area contributed by atoms with E-state index in [0.29, 0.717) is 12.3 Å². The first-order valence-corrected chi connectivity index (χ1v) is 6.23. The Morgan fingerprint density at radius 3 is 2.74 bits per heavy atom. The van der Waals surface area contributed by atoms with E-state index in [-0.39, 0.29) is 17.0 Å². The van der Waals surface area contributed by atoms with E-state index < -0.39 is 18.0 Å². The summed E-state index contributed by atoms with van der Waals surface area (Å²) in [6, 6.07) is 4.53. The third-order valence-electron chi connectivity index (χ3n) is 2.28. The van der Waals surface area contributed by atoms with Gasteiger partial charge in [0.15, 0.2) is 0 Å². The molecule has 1 aromatic rings. The predicted octanol–water partition coefficient (Wildman–Crippen LogP) is 2.42. The van der Waals surface area contributed by atoms with Crippen molar-refractivity contribution in [1.82, 2.24) is 0 Å². The number of ether oxygens (including phenoxy) is 2. The maximum Gasteiger partial charge on any atom is 0.340 e. The molecule has 0 aliphatic rings. The molecule has 0 aliphatic heterocycles. The smallest absolute Gasteiger partial charge is 0.340 e. The van der Waals surface area contributed by atoms with Crippen LogP contribution in [0.2, 0.25) is 5.02 Å². The van der Waals surface area contributed by atoms with Gasteiger partial charge in [-0.3, -0.25) is 4.79 Å². The van der Waals surface area contributed by atoms with Crippen LogP contribution in [-0.4, -0.2) is 24.6 Å². The molecule has 0 fully saturated rings. The summed E-state index contributed by atoms with van der Waals surface area (Å²) in [7, 11) is 0. The number of esters is 2. The van der Waals surface area contributed by atoms with Crippen LogP contribution in [0.3, 0.4) is 0 Å². The van der Waals surface area contributed by atoms with E-state index in [0.717, 1.165) is 0 Å². The maximum absolute atomic E-state index is 11.9. The molecule has 1 unspecified atom stereocenters.